The van der Waals surface area contributed by atoms with Crippen LogP contribution in [-0.4, -0.2) is 5.78 Å². The third-order valence-corrected chi connectivity index (χ3v) is 3.42. The first kappa shape index (κ1) is 10.3. The fraction of sp³-hybridized carbons (Fsp3) is 0.188. The molecule has 1 aliphatic carbocycles. The van der Waals surface area contributed by atoms with Crippen molar-refractivity contribution in [3.05, 3.63) is 59.2 Å². The molecule has 0 unspecified atom stereocenters. The molecular formula is C16H14O. The highest BCUT2D eigenvalue weighted by Gasteiger charge is 2.26. The van der Waals surface area contributed by atoms with E-state index in [0.29, 0.717) is 5.92 Å². The maximum Gasteiger partial charge on any atom is 0.194 e. The molecule has 2 aromatic carbocycles. The zero-order chi connectivity index (χ0) is 12.0. The SMILES string of the molecule is CC(C)c1ccc2c(c1)C(=O)c1ccccc1-2. The Balaban J connectivity index is 2.24. The third kappa shape index (κ3) is 1.42. The molecular weight excluding hydrogens is 208 g/mol. The van der Waals surface area contributed by atoms with Crippen molar-refractivity contribution in [1.82, 2.24) is 0 Å². The molecule has 0 heterocycles. The summed E-state index contributed by atoms with van der Waals surface area (Å²) < 4.78 is 0. The first-order valence-corrected chi connectivity index (χ1v) is 5.96. The molecule has 0 saturated carbocycles. The molecule has 1 aliphatic rings. The molecule has 0 atom stereocenters. The van der Waals surface area contributed by atoms with E-state index in [-0.39, 0.29) is 5.78 Å². The van der Waals surface area contributed by atoms with Gasteiger partial charge in [0.25, 0.3) is 0 Å². The van der Waals surface area contributed by atoms with Gasteiger partial charge in [-0.25, -0.2) is 0 Å². The van der Waals surface area contributed by atoms with Crippen LogP contribution in [0.15, 0.2) is 42.5 Å². The van der Waals surface area contributed by atoms with Crippen LogP contribution in [0.2, 0.25) is 0 Å². The van der Waals surface area contributed by atoms with E-state index in [1.54, 1.807) is 0 Å². The Morgan fingerprint density at radius 3 is 2.18 bits per heavy atom. The van der Waals surface area contributed by atoms with Crippen molar-refractivity contribution in [2.75, 3.05) is 0 Å². The lowest BCUT2D eigenvalue weighted by Gasteiger charge is -2.07. The number of ketones is 1. The second-order valence-electron chi connectivity index (χ2n) is 4.83. The molecule has 84 valence electrons. The number of rotatable bonds is 1. The minimum absolute atomic E-state index is 0.165. The number of carbonyl (C=O) groups excluding carboxylic acids is 1. The van der Waals surface area contributed by atoms with Crippen molar-refractivity contribution in [2.45, 2.75) is 19.8 Å². The number of hydrogen-bond donors (Lipinski definition) is 0. The van der Waals surface area contributed by atoms with Crippen LogP contribution in [0.1, 0.15) is 41.3 Å². The van der Waals surface area contributed by atoms with E-state index in [1.807, 2.05) is 30.3 Å². The summed E-state index contributed by atoms with van der Waals surface area (Å²) in [6, 6.07) is 14.1. The zero-order valence-corrected chi connectivity index (χ0v) is 10.0. The van der Waals surface area contributed by atoms with Gasteiger partial charge in [-0.2, -0.15) is 0 Å². The molecule has 0 fully saturated rings. The number of hydrogen-bond acceptors (Lipinski definition) is 1. The minimum atomic E-state index is 0.165. The van der Waals surface area contributed by atoms with E-state index in [2.05, 4.69) is 26.0 Å². The van der Waals surface area contributed by atoms with Gasteiger partial charge < -0.3 is 0 Å². The van der Waals surface area contributed by atoms with Gasteiger partial charge in [0.2, 0.25) is 0 Å². The lowest BCUT2D eigenvalue weighted by atomic mass is 9.97. The molecule has 0 radical (unpaired) electrons. The van der Waals surface area contributed by atoms with Gasteiger partial charge in [-0.1, -0.05) is 50.2 Å². The number of fused-ring (bicyclic) bond motifs is 3. The van der Waals surface area contributed by atoms with E-state index in [9.17, 15) is 4.79 Å². The molecule has 0 aromatic heterocycles. The van der Waals surface area contributed by atoms with Crippen LogP contribution < -0.4 is 0 Å². The third-order valence-electron chi connectivity index (χ3n) is 3.42. The Kier molecular flexibility index (Phi) is 2.15. The van der Waals surface area contributed by atoms with Gasteiger partial charge in [-0.15, -0.1) is 0 Å². The van der Waals surface area contributed by atoms with Gasteiger partial charge >= 0.3 is 0 Å². The first-order chi connectivity index (χ1) is 8.18. The van der Waals surface area contributed by atoms with Crippen LogP contribution in [-0.2, 0) is 0 Å². The Hall–Kier alpha value is -1.89. The largest absolute Gasteiger partial charge is 0.289 e. The van der Waals surface area contributed by atoms with Crippen LogP contribution in [0.25, 0.3) is 11.1 Å². The molecule has 2 aromatic rings. The molecule has 1 heteroatoms. The molecule has 1 nitrogen and oxygen atoms in total. The molecule has 0 amide bonds. The van der Waals surface area contributed by atoms with Crippen molar-refractivity contribution >= 4 is 5.78 Å². The molecule has 0 aliphatic heterocycles. The highest BCUT2D eigenvalue weighted by Crippen LogP contribution is 2.37. The smallest absolute Gasteiger partial charge is 0.194 e. The lowest BCUT2D eigenvalue weighted by Crippen LogP contribution is -1.96. The molecule has 0 spiro atoms. The van der Waals surface area contributed by atoms with Crippen LogP contribution >= 0.6 is 0 Å². The van der Waals surface area contributed by atoms with Crippen molar-refractivity contribution in [2.24, 2.45) is 0 Å². The molecule has 0 bridgehead atoms. The summed E-state index contributed by atoms with van der Waals surface area (Å²) in [5.41, 5.74) is 5.07. The van der Waals surface area contributed by atoms with Crippen LogP contribution in [0, 0.1) is 0 Å². The molecule has 17 heavy (non-hydrogen) atoms. The summed E-state index contributed by atoms with van der Waals surface area (Å²) >= 11 is 0. The average molecular weight is 222 g/mol. The van der Waals surface area contributed by atoms with E-state index in [1.165, 1.54) is 5.56 Å². The summed E-state index contributed by atoms with van der Waals surface area (Å²) in [7, 11) is 0. The van der Waals surface area contributed by atoms with Crippen LogP contribution in [0.5, 0.6) is 0 Å². The van der Waals surface area contributed by atoms with Gasteiger partial charge in [0, 0.05) is 11.1 Å². The van der Waals surface area contributed by atoms with E-state index < -0.39 is 0 Å². The van der Waals surface area contributed by atoms with E-state index in [4.69, 9.17) is 0 Å². The zero-order valence-electron chi connectivity index (χ0n) is 10.0. The van der Waals surface area contributed by atoms with Crippen molar-refractivity contribution < 1.29 is 4.79 Å². The van der Waals surface area contributed by atoms with Gasteiger partial charge in [0.15, 0.2) is 5.78 Å². The lowest BCUT2D eigenvalue weighted by molar-refractivity contribution is 0.104. The van der Waals surface area contributed by atoms with Crippen LogP contribution in [0.4, 0.5) is 0 Å². The Bertz CT molecular complexity index is 609. The normalized spacial score (nSPS) is 12.8. The van der Waals surface area contributed by atoms with Crippen molar-refractivity contribution in [3.63, 3.8) is 0 Å². The predicted molar refractivity (Wildman–Crippen MR) is 69.4 cm³/mol. The number of benzene rings is 2. The summed E-state index contributed by atoms with van der Waals surface area (Å²) in [5, 5.41) is 0. The van der Waals surface area contributed by atoms with E-state index >= 15 is 0 Å². The number of carbonyl (C=O) groups is 1. The fourth-order valence-electron chi connectivity index (χ4n) is 2.40. The van der Waals surface area contributed by atoms with Gasteiger partial charge in [0.1, 0.15) is 0 Å². The van der Waals surface area contributed by atoms with Gasteiger partial charge in [-0.3, -0.25) is 4.79 Å². The quantitative estimate of drug-likeness (QED) is 0.607. The summed E-state index contributed by atoms with van der Waals surface area (Å²) in [6.07, 6.45) is 0. The molecule has 0 N–H and O–H groups in total. The summed E-state index contributed by atoms with van der Waals surface area (Å²) in [5.74, 6) is 0.620. The highest BCUT2D eigenvalue weighted by molar-refractivity contribution is 6.21. The minimum Gasteiger partial charge on any atom is -0.289 e. The molecule has 0 saturated heterocycles. The Morgan fingerprint density at radius 2 is 1.47 bits per heavy atom. The van der Waals surface area contributed by atoms with Gasteiger partial charge in [0.05, 0.1) is 0 Å². The average Bonchev–Trinajstić information content (AvgIpc) is 2.64. The maximum absolute atomic E-state index is 12.3. The second-order valence-corrected chi connectivity index (χ2v) is 4.83. The van der Waals surface area contributed by atoms with E-state index in [0.717, 1.165) is 22.3 Å². The highest BCUT2D eigenvalue weighted by atomic mass is 16.1. The summed E-state index contributed by atoms with van der Waals surface area (Å²) in [4.78, 5) is 12.3. The monoisotopic (exact) mass is 222 g/mol. The predicted octanol–water partition coefficient (Wildman–Crippen LogP) is 4.02. The Labute approximate surface area is 101 Å². The fourth-order valence-corrected chi connectivity index (χ4v) is 2.40. The molecule has 3 rings (SSSR count). The van der Waals surface area contributed by atoms with Crippen molar-refractivity contribution in [3.8, 4) is 11.1 Å². The van der Waals surface area contributed by atoms with Crippen LogP contribution in [0.3, 0.4) is 0 Å². The Morgan fingerprint density at radius 1 is 0.824 bits per heavy atom. The van der Waals surface area contributed by atoms with Gasteiger partial charge in [-0.05, 0) is 28.7 Å². The maximum atomic E-state index is 12.3. The standard InChI is InChI=1S/C16H14O/c1-10(2)11-7-8-13-12-5-3-4-6-14(12)16(17)15(13)9-11/h3-10H,1-2H3. The first-order valence-electron chi connectivity index (χ1n) is 5.96. The van der Waals surface area contributed by atoms with Crippen molar-refractivity contribution in [1.29, 1.82) is 0 Å². The topological polar surface area (TPSA) is 17.1 Å². The summed E-state index contributed by atoms with van der Waals surface area (Å²) in [6.45, 7) is 4.29. The second kappa shape index (κ2) is 3.56.